The molecule has 16 heavy (non-hydrogen) atoms. The summed E-state index contributed by atoms with van der Waals surface area (Å²) >= 11 is 1.52. The first kappa shape index (κ1) is 13.4. The molecule has 0 spiro atoms. The summed E-state index contributed by atoms with van der Waals surface area (Å²) in [6, 6.07) is 0. The summed E-state index contributed by atoms with van der Waals surface area (Å²) in [6.45, 7) is 2.34. The topological polar surface area (TPSA) is 59.2 Å². The second-order valence-electron chi connectivity index (χ2n) is 3.66. The molecule has 1 aromatic rings. The van der Waals surface area contributed by atoms with Crippen molar-refractivity contribution in [1.29, 1.82) is 0 Å². The molecule has 1 fully saturated rings. The van der Waals surface area contributed by atoms with Gasteiger partial charge in [-0.05, 0) is 19.4 Å². The monoisotopic (exact) mass is 261 g/mol. The summed E-state index contributed by atoms with van der Waals surface area (Å²) in [5.74, 6) is 0.0759. The fourth-order valence-electron chi connectivity index (χ4n) is 1.73. The Bertz CT molecular complexity index is 350. The summed E-state index contributed by atoms with van der Waals surface area (Å²) in [5.41, 5.74) is 6.03. The number of aromatic nitrogens is 1. The summed E-state index contributed by atoms with van der Waals surface area (Å²) in [7, 11) is 0. The first-order valence-corrected chi connectivity index (χ1v) is 6.13. The molecule has 6 heteroatoms. The van der Waals surface area contributed by atoms with E-state index >= 15 is 0 Å². The average molecular weight is 262 g/mol. The van der Waals surface area contributed by atoms with Crippen LogP contribution in [0.15, 0.2) is 5.38 Å². The van der Waals surface area contributed by atoms with Gasteiger partial charge in [0.2, 0.25) is 0 Å². The van der Waals surface area contributed by atoms with E-state index in [-0.39, 0.29) is 18.3 Å². The zero-order chi connectivity index (χ0) is 10.7. The van der Waals surface area contributed by atoms with Crippen molar-refractivity contribution in [2.45, 2.75) is 19.3 Å². The average Bonchev–Trinajstić information content (AvgIpc) is 2.87. The van der Waals surface area contributed by atoms with Gasteiger partial charge in [-0.1, -0.05) is 0 Å². The van der Waals surface area contributed by atoms with Crippen molar-refractivity contribution < 1.29 is 4.79 Å². The van der Waals surface area contributed by atoms with Gasteiger partial charge in [-0.2, -0.15) is 0 Å². The number of hydrogen-bond donors (Lipinski definition) is 1. The van der Waals surface area contributed by atoms with E-state index in [2.05, 4.69) is 4.98 Å². The second-order valence-corrected chi connectivity index (χ2v) is 4.61. The van der Waals surface area contributed by atoms with Crippen molar-refractivity contribution in [2.24, 2.45) is 5.73 Å². The Hall–Kier alpha value is -0.650. The number of likely N-dealkylation sites (tertiary alicyclic amines) is 1. The van der Waals surface area contributed by atoms with Crippen molar-refractivity contribution in [3.05, 3.63) is 16.1 Å². The van der Waals surface area contributed by atoms with Crippen LogP contribution < -0.4 is 5.73 Å². The molecule has 0 bridgehead atoms. The lowest BCUT2D eigenvalue weighted by Crippen LogP contribution is -2.27. The normalized spacial score (nSPS) is 14.9. The molecular weight excluding hydrogens is 246 g/mol. The van der Waals surface area contributed by atoms with E-state index in [4.69, 9.17) is 5.73 Å². The first-order valence-electron chi connectivity index (χ1n) is 5.25. The highest BCUT2D eigenvalue weighted by Gasteiger charge is 2.21. The zero-order valence-corrected chi connectivity index (χ0v) is 10.6. The van der Waals surface area contributed by atoms with E-state index in [9.17, 15) is 4.79 Å². The first-order chi connectivity index (χ1) is 7.31. The van der Waals surface area contributed by atoms with Crippen LogP contribution in [0.25, 0.3) is 0 Å². The largest absolute Gasteiger partial charge is 0.337 e. The molecule has 0 unspecified atom stereocenters. The standard InChI is InChI=1S/C10H15N3OS.ClH/c11-4-3-9-12-8(7-15-9)10(14)13-5-1-2-6-13;/h7H,1-6,11H2;1H. The Kier molecular flexibility index (Phi) is 5.18. The molecular formula is C10H16ClN3OS. The van der Waals surface area contributed by atoms with E-state index in [1.807, 2.05) is 10.3 Å². The fraction of sp³-hybridized carbons (Fsp3) is 0.600. The summed E-state index contributed by atoms with van der Waals surface area (Å²) in [4.78, 5) is 18.1. The van der Waals surface area contributed by atoms with Crippen LogP contribution in [0.2, 0.25) is 0 Å². The zero-order valence-electron chi connectivity index (χ0n) is 9.02. The third-order valence-corrected chi connectivity index (χ3v) is 3.43. The van der Waals surface area contributed by atoms with Gasteiger partial charge in [0.1, 0.15) is 5.69 Å². The molecule has 1 aliphatic heterocycles. The van der Waals surface area contributed by atoms with Crippen LogP contribution in [0.3, 0.4) is 0 Å². The Morgan fingerprint density at radius 3 is 2.81 bits per heavy atom. The number of amides is 1. The highest BCUT2D eigenvalue weighted by molar-refractivity contribution is 7.09. The van der Waals surface area contributed by atoms with E-state index in [0.29, 0.717) is 12.2 Å². The molecule has 0 aliphatic carbocycles. The van der Waals surface area contributed by atoms with Crippen molar-refractivity contribution in [3.8, 4) is 0 Å². The molecule has 4 nitrogen and oxygen atoms in total. The molecule has 2 heterocycles. The highest BCUT2D eigenvalue weighted by Crippen LogP contribution is 2.15. The van der Waals surface area contributed by atoms with Gasteiger partial charge in [-0.3, -0.25) is 4.79 Å². The number of carbonyl (C=O) groups excluding carboxylic acids is 1. The second kappa shape index (κ2) is 6.18. The van der Waals surface area contributed by atoms with Gasteiger partial charge < -0.3 is 10.6 Å². The number of rotatable bonds is 3. The van der Waals surface area contributed by atoms with Crippen molar-refractivity contribution in [3.63, 3.8) is 0 Å². The Balaban J connectivity index is 0.00000128. The fourth-order valence-corrected chi connectivity index (χ4v) is 2.52. The lowest BCUT2D eigenvalue weighted by Gasteiger charge is -2.12. The number of nitrogens with two attached hydrogens (primary N) is 1. The number of hydrogen-bond acceptors (Lipinski definition) is 4. The molecule has 1 saturated heterocycles. The maximum Gasteiger partial charge on any atom is 0.273 e. The van der Waals surface area contributed by atoms with Gasteiger partial charge >= 0.3 is 0 Å². The summed E-state index contributed by atoms with van der Waals surface area (Å²) in [5, 5.41) is 2.80. The SMILES string of the molecule is Cl.NCCc1nc(C(=O)N2CCCC2)cs1. The molecule has 0 saturated carbocycles. The quantitative estimate of drug-likeness (QED) is 0.892. The van der Waals surface area contributed by atoms with E-state index < -0.39 is 0 Å². The summed E-state index contributed by atoms with van der Waals surface area (Å²) in [6.07, 6.45) is 3.00. The molecule has 0 atom stereocenters. The molecule has 1 aliphatic rings. The number of carbonyl (C=O) groups is 1. The van der Waals surface area contributed by atoms with Crippen LogP contribution in [-0.2, 0) is 6.42 Å². The van der Waals surface area contributed by atoms with Crippen LogP contribution in [0.5, 0.6) is 0 Å². The van der Waals surface area contributed by atoms with Gasteiger partial charge in [0.25, 0.3) is 5.91 Å². The third-order valence-electron chi connectivity index (χ3n) is 2.52. The van der Waals surface area contributed by atoms with Crippen molar-refractivity contribution in [1.82, 2.24) is 9.88 Å². The molecule has 90 valence electrons. The molecule has 0 radical (unpaired) electrons. The predicted octanol–water partition coefficient (Wildman–Crippen LogP) is 1.30. The van der Waals surface area contributed by atoms with E-state index in [1.54, 1.807) is 0 Å². The predicted molar refractivity (Wildman–Crippen MR) is 67.3 cm³/mol. The van der Waals surface area contributed by atoms with Crippen molar-refractivity contribution in [2.75, 3.05) is 19.6 Å². The van der Waals surface area contributed by atoms with Gasteiger partial charge in [-0.25, -0.2) is 4.98 Å². The van der Waals surface area contributed by atoms with Crippen molar-refractivity contribution >= 4 is 29.7 Å². The number of nitrogens with zero attached hydrogens (tertiary/aromatic N) is 2. The minimum atomic E-state index is 0. The lowest BCUT2D eigenvalue weighted by molar-refractivity contribution is 0.0787. The van der Waals surface area contributed by atoms with Crippen LogP contribution in [-0.4, -0.2) is 35.4 Å². The molecule has 2 rings (SSSR count). The molecule has 2 N–H and O–H groups in total. The van der Waals surface area contributed by atoms with E-state index in [1.165, 1.54) is 11.3 Å². The smallest absolute Gasteiger partial charge is 0.273 e. The Morgan fingerprint density at radius 2 is 2.19 bits per heavy atom. The minimum Gasteiger partial charge on any atom is -0.337 e. The van der Waals surface area contributed by atoms with Gasteiger partial charge in [0.05, 0.1) is 5.01 Å². The van der Waals surface area contributed by atoms with Crippen LogP contribution in [0.1, 0.15) is 28.3 Å². The Labute approximate surface area is 105 Å². The summed E-state index contributed by atoms with van der Waals surface area (Å²) < 4.78 is 0. The molecule has 1 aromatic heterocycles. The molecule has 0 aromatic carbocycles. The minimum absolute atomic E-state index is 0. The van der Waals surface area contributed by atoms with Gasteiger partial charge in [0.15, 0.2) is 0 Å². The number of halogens is 1. The van der Waals surface area contributed by atoms with Crippen LogP contribution in [0.4, 0.5) is 0 Å². The van der Waals surface area contributed by atoms with Crippen LogP contribution >= 0.6 is 23.7 Å². The maximum absolute atomic E-state index is 11.9. The lowest BCUT2D eigenvalue weighted by atomic mass is 10.4. The van der Waals surface area contributed by atoms with Gasteiger partial charge in [-0.15, -0.1) is 23.7 Å². The third kappa shape index (κ3) is 2.93. The molecule has 1 amide bonds. The highest BCUT2D eigenvalue weighted by atomic mass is 35.5. The maximum atomic E-state index is 11.9. The Morgan fingerprint density at radius 1 is 1.50 bits per heavy atom. The van der Waals surface area contributed by atoms with Crippen LogP contribution in [0, 0.1) is 0 Å². The van der Waals surface area contributed by atoms with E-state index in [0.717, 1.165) is 37.4 Å². The number of thiazole rings is 1. The van der Waals surface area contributed by atoms with Gasteiger partial charge in [0, 0.05) is 24.9 Å².